The van der Waals surface area contributed by atoms with Gasteiger partial charge in [0, 0.05) is 25.4 Å². The largest absolute Gasteiger partial charge is 0.326 e. The number of nitrogens with two attached hydrogens (primary N) is 1. The minimum atomic E-state index is -0.0551. The summed E-state index contributed by atoms with van der Waals surface area (Å²) >= 11 is 0. The van der Waals surface area contributed by atoms with Crippen molar-refractivity contribution in [2.24, 2.45) is 5.73 Å². The smallest absolute Gasteiger partial charge is 0.227 e. The second-order valence-electron chi connectivity index (χ2n) is 2.94. The average molecular weight is 190 g/mol. The molecule has 2 N–H and O–H groups in total. The molecule has 1 amide bonds. The molecule has 3 nitrogen and oxygen atoms in total. The average Bonchev–Trinajstić information content (AvgIpc) is 2.19. The van der Waals surface area contributed by atoms with Crippen LogP contribution in [-0.2, 0) is 11.3 Å². The summed E-state index contributed by atoms with van der Waals surface area (Å²) in [4.78, 5) is 12.6. The van der Waals surface area contributed by atoms with E-state index >= 15 is 0 Å². The summed E-state index contributed by atoms with van der Waals surface area (Å²) in [5, 5.41) is 0. The summed E-state index contributed by atoms with van der Waals surface area (Å²) in [5.41, 5.74) is 7.32. The fourth-order valence-corrected chi connectivity index (χ4v) is 1.21. The van der Waals surface area contributed by atoms with Crippen molar-refractivity contribution in [3.63, 3.8) is 0 Å². The zero-order valence-electron chi connectivity index (χ0n) is 8.23. The van der Waals surface area contributed by atoms with Crippen LogP contribution in [0.2, 0.25) is 0 Å². The molecule has 1 aromatic carbocycles. The highest BCUT2D eigenvalue weighted by molar-refractivity contribution is 5.93. The topological polar surface area (TPSA) is 46.3 Å². The molecule has 0 atom stereocenters. The Balaban J connectivity index is 2.94. The Morgan fingerprint density at radius 3 is 2.43 bits per heavy atom. The number of carbonyl (C=O) groups is 1. The molecule has 0 aromatic heterocycles. The van der Waals surface area contributed by atoms with E-state index in [9.17, 15) is 4.79 Å². The van der Waals surface area contributed by atoms with Crippen molar-refractivity contribution in [1.29, 1.82) is 0 Å². The van der Waals surface area contributed by atoms with Crippen LogP contribution in [0.5, 0.6) is 0 Å². The van der Waals surface area contributed by atoms with Crippen LogP contribution >= 0.6 is 0 Å². The van der Waals surface area contributed by atoms with Crippen molar-refractivity contribution in [2.75, 3.05) is 4.90 Å². The Labute approximate surface area is 83.8 Å². The second-order valence-corrected chi connectivity index (χ2v) is 2.94. The molecule has 0 aliphatic carbocycles. The molecule has 74 valence electrons. The molecule has 0 heterocycles. The summed E-state index contributed by atoms with van der Waals surface area (Å²) in [7, 11) is 0. The van der Waals surface area contributed by atoms with Crippen molar-refractivity contribution in [2.45, 2.75) is 13.5 Å². The molecule has 0 spiro atoms. The van der Waals surface area contributed by atoms with Gasteiger partial charge >= 0.3 is 0 Å². The van der Waals surface area contributed by atoms with E-state index in [-0.39, 0.29) is 5.91 Å². The van der Waals surface area contributed by atoms with E-state index in [1.54, 1.807) is 0 Å². The van der Waals surface area contributed by atoms with Gasteiger partial charge in [0.1, 0.15) is 0 Å². The zero-order chi connectivity index (χ0) is 10.6. The first-order valence-electron chi connectivity index (χ1n) is 4.40. The third kappa shape index (κ3) is 2.20. The lowest BCUT2D eigenvalue weighted by Gasteiger charge is -2.15. The van der Waals surface area contributed by atoms with E-state index in [4.69, 9.17) is 5.73 Å². The van der Waals surface area contributed by atoms with Crippen LogP contribution in [0, 0.1) is 0 Å². The Bertz CT molecular complexity index is 330. The van der Waals surface area contributed by atoms with Crippen LogP contribution in [0.15, 0.2) is 37.0 Å². The van der Waals surface area contributed by atoms with Gasteiger partial charge in [-0.3, -0.25) is 9.69 Å². The fraction of sp³-hybridized carbons (Fsp3) is 0.182. The molecule has 0 aliphatic rings. The molecule has 0 bridgehead atoms. The number of hydrogen-bond donors (Lipinski definition) is 1. The van der Waals surface area contributed by atoms with Gasteiger partial charge in [0.25, 0.3) is 0 Å². The quantitative estimate of drug-likeness (QED) is 0.787. The lowest BCUT2D eigenvalue weighted by molar-refractivity contribution is -0.115. The molecule has 0 unspecified atom stereocenters. The highest BCUT2D eigenvalue weighted by atomic mass is 16.2. The molecular formula is C11H14N2O. The summed E-state index contributed by atoms with van der Waals surface area (Å²) < 4.78 is 0. The molecule has 0 saturated heterocycles. The van der Waals surface area contributed by atoms with Crippen LogP contribution in [-0.4, -0.2) is 5.91 Å². The minimum absolute atomic E-state index is 0.0551. The molecular weight excluding hydrogens is 176 g/mol. The van der Waals surface area contributed by atoms with Gasteiger partial charge in [0.15, 0.2) is 0 Å². The first-order chi connectivity index (χ1) is 6.69. The second kappa shape index (κ2) is 4.58. The number of nitrogens with zero attached hydrogens (tertiary/aromatic N) is 1. The predicted molar refractivity (Wildman–Crippen MR) is 57.7 cm³/mol. The Kier molecular flexibility index (Phi) is 3.42. The highest BCUT2D eigenvalue weighted by Gasteiger charge is 2.06. The van der Waals surface area contributed by atoms with Crippen molar-refractivity contribution < 1.29 is 4.79 Å². The van der Waals surface area contributed by atoms with Crippen LogP contribution in [0.3, 0.4) is 0 Å². The normalized spacial score (nSPS) is 9.57. The Hall–Kier alpha value is -1.61. The molecule has 0 saturated carbocycles. The standard InChI is InChI=1S/C11H14N2O/c1-3-13(9(2)14)11-6-4-10(8-12)5-7-11/h3-7H,1,8,12H2,2H3. The fourth-order valence-electron chi connectivity index (χ4n) is 1.21. The molecule has 3 heteroatoms. The SMILES string of the molecule is C=CN(C(C)=O)c1ccc(CN)cc1. The van der Waals surface area contributed by atoms with Gasteiger partial charge in [-0.05, 0) is 17.7 Å². The number of anilines is 1. The number of amides is 1. The molecule has 0 radical (unpaired) electrons. The summed E-state index contributed by atoms with van der Waals surface area (Å²) in [6.45, 7) is 5.59. The molecule has 14 heavy (non-hydrogen) atoms. The number of carbonyl (C=O) groups excluding carboxylic acids is 1. The van der Waals surface area contributed by atoms with Crippen LogP contribution < -0.4 is 10.6 Å². The maximum atomic E-state index is 11.2. The van der Waals surface area contributed by atoms with Gasteiger partial charge in [0.2, 0.25) is 5.91 Å². The van der Waals surface area contributed by atoms with Crippen molar-refractivity contribution in [3.8, 4) is 0 Å². The lowest BCUT2D eigenvalue weighted by Crippen LogP contribution is -2.21. The van der Waals surface area contributed by atoms with Gasteiger partial charge in [-0.2, -0.15) is 0 Å². The maximum Gasteiger partial charge on any atom is 0.227 e. The van der Waals surface area contributed by atoms with Crippen molar-refractivity contribution >= 4 is 11.6 Å². The molecule has 0 aliphatic heterocycles. The highest BCUT2D eigenvalue weighted by Crippen LogP contribution is 2.15. The van der Waals surface area contributed by atoms with Crippen LogP contribution in [0.25, 0.3) is 0 Å². The minimum Gasteiger partial charge on any atom is -0.326 e. The van der Waals surface area contributed by atoms with Crippen LogP contribution in [0.1, 0.15) is 12.5 Å². The Morgan fingerprint density at radius 1 is 1.50 bits per heavy atom. The first kappa shape index (κ1) is 10.5. The zero-order valence-corrected chi connectivity index (χ0v) is 8.23. The van der Waals surface area contributed by atoms with Gasteiger partial charge in [-0.15, -0.1) is 0 Å². The van der Waals surface area contributed by atoms with Crippen LogP contribution in [0.4, 0.5) is 5.69 Å². The summed E-state index contributed by atoms with van der Waals surface area (Å²) in [6, 6.07) is 7.50. The van der Waals surface area contributed by atoms with E-state index in [0.717, 1.165) is 11.3 Å². The van der Waals surface area contributed by atoms with Gasteiger partial charge in [-0.25, -0.2) is 0 Å². The van der Waals surface area contributed by atoms with Gasteiger partial charge < -0.3 is 5.73 Å². The van der Waals surface area contributed by atoms with Crippen molar-refractivity contribution in [3.05, 3.63) is 42.6 Å². The number of benzene rings is 1. The van der Waals surface area contributed by atoms with E-state index in [1.807, 2.05) is 24.3 Å². The number of hydrogen-bond acceptors (Lipinski definition) is 2. The van der Waals surface area contributed by atoms with Crippen molar-refractivity contribution in [1.82, 2.24) is 0 Å². The molecule has 0 fully saturated rings. The third-order valence-electron chi connectivity index (χ3n) is 1.97. The van der Waals surface area contributed by atoms with E-state index in [1.165, 1.54) is 18.0 Å². The Morgan fingerprint density at radius 2 is 2.07 bits per heavy atom. The van der Waals surface area contributed by atoms with E-state index in [2.05, 4.69) is 6.58 Å². The maximum absolute atomic E-state index is 11.2. The molecule has 1 aromatic rings. The summed E-state index contributed by atoms with van der Waals surface area (Å²) in [5.74, 6) is -0.0551. The predicted octanol–water partition coefficient (Wildman–Crippen LogP) is 1.64. The lowest BCUT2D eigenvalue weighted by atomic mass is 10.2. The summed E-state index contributed by atoms with van der Waals surface area (Å²) in [6.07, 6.45) is 1.50. The van der Waals surface area contributed by atoms with Gasteiger partial charge in [-0.1, -0.05) is 18.7 Å². The van der Waals surface area contributed by atoms with Gasteiger partial charge in [0.05, 0.1) is 0 Å². The van der Waals surface area contributed by atoms with E-state index < -0.39 is 0 Å². The molecule has 1 rings (SSSR count). The first-order valence-corrected chi connectivity index (χ1v) is 4.40. The number of rotatable bonds is 3. The third-order valence-corrected chi connectivity index (χ3v) is 1.97. The monoisotopic (exact) mass is 190 g/mol. The van der Waals surface area contributed by atoms with E-state index in [0.29, 0.717) is 6.54 Å².